The number of aliphatic hydroxyl groups excluding tert-OH is 1. The van der Waals surface area contributed by atoms with E-state index in [2.05, 4.69) is 38.0 Å². The summed E-state index contributed by atoms with van der Waals surface area (Å²) in [7, 11) is 2.13. The van der Waals surface area contributed by atoms with Crippen LogP contribution in [-0.4, -0.2) is 48.8 Å². The minimum atomic E-state index is -0.231. The number of nitrogens with zero attached hydrogens (tertiary/aromatic N) is 1. The quantitative estimate of drug-likeness (QED) is 0.762. The first-order chi connectivity index (χ1) is 8.43. The molecule has 1 fully saturated rings. The molecule has 5 unspecified atom stereocenters. The highest BCUT2D eigenvalue weighted by atomic mass is 16.3. The second-order valence-electron chi connectivity index (χ2n) is 6.45. The van der Waals surface area contributed by atoms with E-state index in [4.69, 9.17) is 0 Å². The summed E-state index contributed by atoms with van der Waals surface area (Å²) >= 11 is 0. The molecule has 2 N–H and O–H groups in total. The van der Waals surface area contributed by atoms with Crippen molar-refractivity contribution in [3.8, 4) is 0 Å². The van der Waals surface area contributed by atoms with Gasteiger partial charge in [0.05, 0.1) is 6.10 Å². The van der Waals surface area contributed by atoms with Crippen LogP contribution in [0.25, 0.3) is 0 Å². The zero-order valence-electron chi connectivity index (χ0n) is 12.8. The standard InChI is InChI=1S/C15H32N2O/c1-6-16-15-8-11(2)7-12(3)14(15)10-17(5)9-13(4)18/h11-16,18H,6-10H2,1-5H3. The molecule has 3 heteroatoms. The summed E-state index contributed by atoms with van der Waals surface area (Å²) in [6.07, 6.45) is 2.41. The third-order valence-electron chi connectivity index (χ3n) is 4.24. The topological polar surface area (TPSA) is 35.5 Å². The van der Waals surface area contributed by atoms with E-state index in [1.54, 1.807) is 0 Å². The third-order valence-corrected chi connectivity index (χ3v) is 4.24. The van der Waals surface area contributed by atoms with Crippen LogP contribution >= 0.6 is 0 Å². The number of aliphatic hydroxyl groups is 1. The SMILES string of the molecule is CCNC1CC(C)CC(C)C1CN(C)CC(C)O. The fourth-order valence-electron chi connectivity index (χ4n) is 3.60. The molecule has 0 spiro atoms. The van der Waals surface area contributed by atoms with Gasteiger partial charge < -0.3 is 15.3 Å². The van der Waals surface area contributed by atoms with Crippen LogP contribution in [0.2, 0.25) is 0 Å². The number of hydrogen-bond donors (Lipinski definition) is 2. The Morgan fingerprint density at radius 3 is 2.56 bits per heavy atom. The average Bonchev–Trinajstić information content (AvgIpc) is 2.22. The van der Waals surface area contributed by atoms with E-state index >= 15 is 0 Å². The van der Waals surface area contributed by atoms with Gasteiger partial charge in [-0.2, -0.15) is 0 Å². The largest absolute Gasteiger partial charge is 0.392 e. The van der Waals surface area contributed by atoms with E-state index in [1.807, 2.05) is 6.92 Å². The second kappa shape index (κ2) is 7.46. The Hall–Kier alpha value is -0.120. The minimum Gasteiger partial charge on any atom is -0.392 e. The van der Waals surface area contributed by atoms with Gasteiger partial charge in [0.2, 0.25) is 0 Å². The lowest BCUT2D eigenvalue weighted by Gasteiger charge is -2.42. The summed E-state index contributed by atoms with van der Waals surface area (Å²) < 4.78 is 0. The van der Waals surface area contributed by atoms with Crippen LogP contribution in [0, 0.1) is 17.8 Å². The molecule has 0 aliphatic heterocycles. The fraction of sp³-hybridized carbons (Fsp3) is 1.00. The molecule has 1 rings (SSSR count). The first-order valence-electron chi connectivity index (χ1n) is 7.54. The van der Waals surface area contributed by atoms with E-state index in [1.165, 1.54) is 12.8 Å². The van der Waals surface area contributed by atoms with Gasteiger partial charge in [0.25, 0.3) is 0 Å². The zero-order chi connectivity index (χ0) is 13.7. The summed E-state index contributed by atoms with van der Waals surface area (Å²) in [5.41, 5.74) is 0. The zero-order valence-corrected chi connectivity index (χ0v) is 12.8. The molecule has 3 nitrogen and oxygen atoms in total. The van der Waals surface area contributed by atoms with Gasteiger partial charge >= 0.3 is 0 Å². The molecule has 0 amide bonds. The molecule has 0 bridgehead atoms. The second-order valence-corrected chi connectivity index (χ2v) is 6.45. The van der Waals surface area contributed by atoms with Crippen molar-refractivity contribution in [3.63, 3.8) is 0 Å². The number of likely N-dealkylation sites (N-methyl/N-ethyl adjacent to an activating group) is 1. The van der Waals surface area contributed by atoms with Crippen LogP contribution in [0.15, 0.2) is 0 Å². The fourth-order valence-corrected chi connectivity index (χ4v) is 3.60. The third kappa shape index (κ3) is 4.87. The van der Waals surface area contributed by atoms with Crippen molar-refractivity contribution in [2.45, 2.75) is 52.7 Å². The molecule has 18 heavy (non-hydrogen) atoms. The van der Waals surface area contributed by atoms with E-state index in [9.17, 15) is 5.11 Å². The van der Waals surface area contributed by atoms with Gasteiger partial charge in [0.1, 0.15) is 0 Å². The molecule has 108 valence electrons. The molecule has 5 atom stereocenters. The van der Waals surface area contributed by atoms with E-state index in [0.717, 1.165) is 31.5 Å². The molecule has 1 aliphatic carbocycles. The molecule has 0 aromatic rings. The molecule has 1 aliphatic rings. The van der Waals surface area contributed by atoms with Crippen molar-refractivity contribution in [2.75, 3.05) is 26.7 Å². The lowest BCUT2D eigenvalue weighted by Crippen LogP contribution is -2.49. The highest BCUT2D eigenvalue weighted by Gasteiger charge is 2.33. The number of hydrogen-bond acceptors (Lipinski definition) is 3. The molecule has 0 radical (unpaired) electrons. The van der Waals surface area contributed by atoms with Crippen molar-refractivity contribution in [1.82, 2.24) is 10.2 Å². The summed E-state index contributed by atoms with van der Waals surface area (Å²) in [6, 6.07) is 0.644. The van der Waals surface area contributed by atoms with Gasteiger partial charge in [0.15, 0.2) is 0 Å². The van der Waals surface area contributed by atoms with E-state index < -0.39 is 0 Å². The Bertz CT molecular complexity index is 233. The molecule has 0 saturated heterocycles. The molecular formula is C15H32N2O. The van der Waals surface area contributed by atoms with Crippen LogP contribution < -0.4 is 5.32 Å². The smallest absolute Gasteiger partial charge is 0.0638 e. The summed E-state index contributed by atoms with van der Waals surface area (Å²) in [5.74, 6) is 2.32. The highest BCUT2D eigenvalue weighted by molar-refractivity contribution is 4.88. The minimum absolute atomic E-state index is 0.231. The van der Waals surface area contributed by atoms with Gasteiger partial charge in [-0.25, -0.2) is 0 Å². The van der Waals surface area contributed by atoms with Crippen LogP contribution in [-0.2, 0) is 0 Å². The number of nitrogens with one attached hydrogen (secondary N) is 1. The maximum Gasteiger partial charge on any atom is 0.0638 e. The van der Waals surface area contributed by atoms with Crippen LogP contribution in [0.4, 0.5) is 0 Å². The Morgan fingerprint density at radius 2 is 2.00 bits per heavy atom. The van der Waals surface area contributed by atoms with Gasteiger partial charge in [-0.3, -0.25) is 0 Å². The van der Waals surface area contributed by atoms with Crippen LogP contribution in [0.3, 0.4) is 0 Å². The predicted octanol–water partition coefficient (Wildman–Crippen LogP) is 1.96. The van der Waals surface area contributed by atoms with E-state index in [-0.39, 0.29) is 6.10 Å². The van der Waals surface area contributed by atoms with Crippen LogP contribution in [0.5, 0.6) is 0 Å². The predicted molar refractivity (Wildman–Crippen MR) is 77.7 cm³/mol. The normalized spacial score (nSPS) is 34.8. The van der Waals surface area contributed by atoms with Crippen molar-refractivity contribution < 1.29 is 5.11 Å². The van der Waals surface area contributed by atoms with E-state index in [0.29, 0.717) is 12.0 Å². The molecule has 1 saturated carbocycles. The Morgan fingerprint density at radius 1 is 1.33 bits per heavy atom. The lowest BCUT2D eigenvalue weighted by molar-refractivity contribution is 0.0846. The van der Waals surface area contributed by atoms with Gasteiger partial charge in [-0.15, -0.1) is 0 Å². The Labute approximate surface area is 113 Å². The van der Waals surface area contributed by atoms with Crippen molar-refractivity contribution in [3.05, 3.63) is 0 Å². The average molecular weight is 256 g/mol. The maximum absolute atomic E-state index is 9.47. The first-order valence-corrected chi connectivity index (χ1v) is 7.54. The molecule has 0 heterocycles. The van der Waals surface area contributed by atoms with Crippen molar-refractivity contribution in [1.29, 1.82) is 0 Å². The summed E-state index contributed by atoms with van der Waals surface area (Å²) in [4.78, 5) is 2.28. The van der Waals surface area contributed by atoms with Gasteiger partial charge in [-0.1, -0.05) is 20.8 Å². The summed E-state index contributed by atoms with van der Waals surface area (Å²) in [6.45, 7) is 11.7. The molecule has 0 aromatic carbocycles. The summed E-state index contributed by atoms with van der Waals surface area (Å²) in [5, 5.41) is 13.1. The Kier molecular flexibility index (Phi) is 6.61. The Balaban J connectivity index is 2.57. The lowest BCUT2D eigenvalue weighted by atomic mass is 9.72. The van der Waals surface area contributed by atoms with Crippen molar-refractivity contribution in [2.24, 2.45) is 17.8 Å². The number of rotatable bonds is 6. The van der Waals surface area contributed by atoms with Crippen LogP contribution in [0.1, 0.15) is 40.5 Å². The maximum atomic E-state index is 9.47. The highest BCUT2D eigenvalue weighted by Crippen LogP contribution is 2.34. The first kappa shape index (κ1) is 15.9. The van der Waals surface area contributed by atoms with Crippen molar-refractivity contribution >= 4 is 0 Å². The van der Waals surface area contributed by atoms with Gasteiger partial charge in [-0.05, 0) is 51.1 Å². The molecular weight excluding hydrogens is 224 g/mol. The molecule has 0 aromatic heterocycles. The monoisotopic (exact) mass is 256 g/mol. The van der Waals surface area contributed by atoms with Gasteiger partial charge in [0, 0.05) is 19.1 Å².